The summed E-state index contributed by atoms with van der Waals surface area (Å²) in [4.78, 5) is 12.1. The van der Waals surface area contributed by atoms with E-state index in [-0.39, 0.29) is 6.07 Å². The molecule has 0 aliphatic heterocycles. The van der Waals surface area contributed by atoms with Gasteiger partial charge in [0.25, 0.3) is 0 Å². The molecule has 0 saturated heterocycles. The minimum atomic E-state index is -4.99. The van der Waals surface area contributed by atoms with E-state index >= 15 is 0 Å². The summed E-state index contributed by atoms with van der Waals surface area (Å²) < 4.78 is 79.1. The first kappa shape index (κ1) is 19.6. The molecule has 2 aromatic carbocycles. The lowest BCUT2D eigenvalue weighted by atomic mass is 10.1. The van der Waals surface area contributed by atoms with Crippen molar-refractivity contribution in [2.75, 3.05) is 10.6 Å². The Bertz CT molecular complexity index is 1000. The molecule has 3 aromatic rings. The zero-order valence-corrected chi connectivity index (χ0v) is 14.2. The maximum atomic E-state index is 12.9. The van der Waals surface area contributed by atoms with E-state index in [0.717, 1.165) is 10.9 Å². The average Bonchev–Trinajstić information content (AvgIpc) is 2.93. The number of amides is 2. The van der Waals surface area contributed by atoms with E-state index in [1.165, 1.54) is 0 Å². The van der Waals surface area contributed by atoms with Gasteiger partial charge < -0.3 is 15.2 Å². The van der Waals surface area contributed by atoms with Crippen molar-refractivity contribution in [2.24, 2.45) is 7.05 Å². The maximum Gasteiger partial charge on any atom is 0.416 e. The number of aryl methyl sites for hydroxylation is 1. The third-order valence-electron chi connectivity index (χ3n) is 3.99. The van der Waals surface area contributed by atoms with Crippen LogP contribution in [0.25, 0.3) is 10.9 Å². The molecule has 0 aliphatic rings. The molecule has 0 bridgehead atoms. The number of halogens is 6. The molecular weight excluding hydrogens is 388 g/mol. The summed E-state index contributed by atoms with van der Waals surface area (Å²) in [6.45, 7) is 0. The van der Waals surface area contributed by atoms with Gasteiger partial charge in [-0.1, -0.05) is 0 Å². The molecule has 2 amide bonds. The van der Waals surface area contributed by atoms with Crippen LogP contribution in [0.3, 0.4) is 0 Å². The second kappa shape index (κ2) is 6.77. The lowest BCUT2D eigenvalue weighted by Gasteiger charge is -2.15. The van der Waals surface area contributed by atoms with Gasteiger partial charge in [-0.15, -0.1) is 0 Å². The highest BCUT2D eigenvalue weighted by Crippen LogP contribution is 2.37. The summed E-state index contributed by atoms with van der Waals surface area (Å²) in [5.74, 6) is 0. The van der Waals surface area contributed by atoms with Crippen molar-refractivity contribution in [3.63, 3.8) is 0 Å². The number of nitrogens with one attached hydrogen (secondary N) is 2. The maximum absolute atomic E-state index is 12.9. The third kappa shape index (κ3) is 4.21. The predicted octanol–water partition coefficient (Wildman–Crippen LogP) is 5.86. The standard InChI is InChI=1S/C18H13F6N3O/c1-27-5-4-10-6-13(2-3-15(10)27)25-16(28)26-14-8-11(17(19,20)21)7-12(9-14)18(22,23)24/h2-9H,1H3,(H2,25,26,28). The van der Waals surface area contributed by atoms with Gasteiger partial charge in [-0.25, -0.2) is 4.79 Å². The summed E-state index contributed by atoms with van der Waals surface area (Å²) in [5.41, 5.74) is -2.43. The number of alkyl halides is 6. The van der Waals surface area contributed by atoms with E-state index in [0.29, 0.717) is 17.8 Å². The van der Waals surface area contributed by atoms with Crippen LogP contribution >= 0.6 is 0 Å². The molecule has 0 spiro atoms. The van der Waals surface area contributed by atoms with Crippen molar-refractivity contribution in [1.29, 1.82) is 0 Å². The number of hydrogen-bond acceptors (Lipinski definition) is 1. The van der Waals surface area contributed by atoms with Crippen molar-refractivity contribution in [1.82, 2.24) is 4.57 Å². The SMILES string of the molecule is Cn1ccc2cc(NC(=O)Nc3cc(C(F)(F)F)cc(C(F)(F)F)c3)ccc21. The Labute approximate surface area is 154 Å². The lowest BCUT2D eigenvalue weighted by Crippen LogP contribution is -2.20. The molecule has 4 nitrogen and oxygen atoms in total. The molecule has 0 aliphatic carbocycles. The molecule has 1 aromatic heterocycles. The molecule has 2 N–H and O–H groups in total. The highest BCUT2D eigenvalue weighted by Gasteiger charge is 2.37. The van der Waals surface area contributed by atoms with Crippen molar-refractivity contribution < 1.29 is 31.1 Å². The average molecular weight is 401 g/mol. The number of carbonyl (C=O) groups excluding carboxylic acids is 1. The van der Waals surface area contributed by atoms with E-state index in [9.17, 15) is 31.1 Å². The Kier molecular flexibility index (Phi) is 4.74. The van der Waals surface area contributed by atoms with Crippen molar-refractivity contribution >= 4 is 28.3 Å². The van der Waals surface area contributed by atoms with E-state index in [2.05, 4.69) is 5.32 Å². The number of benzene rings is 2. The summed E-state index contributed by atoms with van der Waals surface area (Å²) >= 11 is 0. The fourth-order valence-corrected chi connectivity index (χ4v) is 2.68. The van der Waals surface area contributed by atoms with Gasteiger partial charge in [-0.05, 0) is 42.5 Å². The van der Waals surface area contributed by atoms with Crippen LogP contribution in [-0.4, -0.2) is 10.6 Å². The molecule has 0 unspecified atom stereocenters. The van der Waals surface area contributed by atoms with Crippen molar-refractivity contribution in [2.45, 2.75) is 12.4 Å². The number of fused-ring (bicyclic) bond motifs is 1. The fourth-order valence-electron chi connectivity index (χ4n) is 2.68. The second-order valence-corrected chi connectivity index (χ2v) is 6.07. The summed E-state index contributed by atoms with van der Waals surface area (Å²) in [5, 5.41) is 5.20. The van der Waals surface area contributed by atoms with Crippen LogP contribution in [0.15, 0.2) is 48.7 Å². The highest BCUT2D eigenvalue weighted by atomic mass is 19.4. The number of anilines is 2. The summed E-state index contributed by atoms with van der Waals surface area (Å²) in [6, 6.07) is 6.61. The van der Waals surface area contributed by atoms with Gasteiger partial charge in [-0.3, -0.25) is 0 Å². The summed E-state index contributed by atoms with van der Waals surface area (Å²) in [6.07, 6.45) is -8.19. The molecule has 148 valence electrons. The summed E-state index contributed by atoms with van der Waals surface area (Å²) in [7, 11) is 1.83. The quantitative estimate of drug-likeness (QED) is 0.519. The van der Waals surface area contributed by atoms with Crippen molar-refractivity contribution in [3.05, 3.63) is 59.8 Å². The monoisotopic (exact) mass is 401 g/mol. The van der Waals surface area contributed by atoms with E-state index in [1.807, 2.05) is 16.9 Å². The highest BCUT2D eigenvalue weighted by molar-refractivity contribution is 6.01. The van der Waals surface area contributed by atoms with Crippen LogP contribution in [0, 0.1) is 0 Å². The molecule has 0 atom stereocenters. The zero-order chi connectivity index (χ0) is 20.7. The first-order chi connectivity index (χ1) is 12.9. The first-order valence-electron chi connectivity index (χ1n) is 7.86. The fraction of sp³-hybridized carbons (Fsp3) is 0.167. The van der Waals surface area contributed by atoms with Gasteiger partial charge in [0.05, 0.1) is 11.1 Å². The smallest absolute Gasteiger partial charge is 0.351 e. The minimum absolute atomic E-state index is 0.00752. The normalized spacial score (nSPS) is 12.2. The van der Waals surface area contributed by atoms with Crippen LogP contribution in [-0.2, 0) is 19.4 Å². The van der Waals surface area contributed by atoms with E-state index < -0.39 is 35.2 Å². The van der Waals surface area contributed by atoms with Gasteiger partial charge in [0.2, 0.25) is 0 Å². The van der Waals surface area contributed by atoms with Crippen LogP contribution in [0.5, 0.6) is 0 Å². The Morgan fingerprint density at radius 1 is 0.821 bits per heavy atom. The Morgan fingerprint density at radius 3 is 1.96 bits per heavy atom. The molecular formula is C18H13F6N3O. The predicted molar refractivity (Wildman–Crippen MR) is 92.0 cm³/mol. The molecule has 0 saturated carbocycles. The number of rotatable bonds is 2. The van der Waals surface area contributed by atoms with Gasteiger partial charge in [0, 0.05) is 35.5 Å². The topological polar surface area (TPSA) is 46.1 Å². The van der Waals surface area contributed by atoms with Gasteiger partial charge >= 0.3 is 18.4 Å². The lowest BCUT2D eigenvalue weighted by molar-refractivity contribution is -0.143. The number of aromatic nitrogens is 1. The van der Waals surface area contributed by atoms with E-state index in [1.54, 1.807) is 30.5 Å². The van der Waals surface area contributed by atoms with Crippen LogP contribution in [0.4, 0.5) is 42.5 Å². The van der Waals surface area contributed by atoms with Crippen LogP contribution in [0.1, 0.15) is 11.1 Å². The third-order valence-corrected chi connectivity index (χ3v) is 3.99. The molecule has 0 radical (unpaired) electrons. The zero-order valence-electron chi connectivity index (χ0n) is 14.2. The second-order valence-electron chi connectivity index (χ2n) is 6.07. The van der Waals surface area contributed by atoms with Crippen LogP contribution < -0.4 is 10.6 Å². The van der Waals surface area contributed by atoms with Gasteiger partial charge in [0.15, 0.2) is 0 Å². The molecule has 10 heteroatoms. The Morgan fingerprint density at radius 2 is 1.39 bits per heavy atom. The molecule has 1 heterocycles. The minimum Gasteiger partial charge on any atom is -0.351 e. The Hall–Kier alpha value is -3.17. The number of carbonyl (C=O) groups is 1. The van der Waals surface area contributed by atoms with Crippen LogP contribution in [0.2, 0.25) is 0 Å². The number of urea groups is 1. The number of hydrogen-bond donors (Lipinski definition) is 2. The van der Waals surface area contributed by atoms with Gasteiger partial charge in [0.1, 0.15) is 0 Å². The van der Waals surface area contributed by atoms with Crippen molar-refractivity contribution in [3.8, 4) is 0 Å². The first-order valence-corrected chi connectivity index (χ1v) is 7.86. The molecule has 28 heavy (non-hydrogen) atoms. The van der Waals surface area contributed by atoms with E-state index in [4.69, 9.17) is 0 Å². The Balaban J connectivity index is 1.84. The largest absolute Gasteiger partial charge is 0.416 e. The molecule has 0 fully saturated rings. The molecule has 3 rings (SSSR count). The number of nitrogens with zero attached hydrogens (tertiary/aromatic N) is 1. The van der Waals surface area contributed by atoms with Gasteiger partial charge in [-0.2, -0.15) is 26.3 Å².